The van der Waals surface area contributed by atoms with Gasteiger partial charge in [0.25, 0.3) is 0 Å². The molecular formula is C19H23N9O. The van der Waals surface area contributed by atoms with E-state index in [0.717, 1.165) is 54.5 Å². The highest BCUT2D eigenvalue weighted by molar-refractivity contribution is 5.75. The van der Waals surface area contributed by atoms with Gasteiger partial charge in [0.15, 0.2) is 5.65 Å². The summed E-state index contributed by atoms with van der Waals surface area (Å²) < 4.78 is 9.00. The Morgan fingerprint density at radius 2 is 2.00 bits per heavy atom. The van der Waals surface area contributed by atoms with Crippen molar-refractivity contribution in [3.05, 3.63) is 48.7 Å². The highest BCUT2D eigenvalue weighted by Crippen LogP contribution is 2.18. The van der Waals surface area contributed by atoms with Gasteiger partial charge in [-0.1, -0.05) is 6.07 Å². The van der Waals surface area contributed by atoms with Crippen LogP contribution in [0.2, 0.25) is 0 Å². The number of pyridine rings is 1. The van der Waals surface area contributed by atoms with E-state index in [1.54, 1.807) is 23.3 Å². The Morgan fingerprint density at radius 1 is 1.10 bits per heavy atom. The monoisotopic (exact) mass is 393 g/mol. The number of aryl methyl sites for hydroxylation is 1. The van der Waals surface area contributed by atoms with Crippen molar-refractivity contribution < 1.29 is 6.16 Å². The lowest BCUT2D eigenvalue weighted by Crippen LogP contribution is -2.36. The largest absolute Gasteiger partial charge is 0.378 e. The molecule has 10 nitrogen and oxygen atoms in total. The fourth-order valence-electron chi connectivity index (χ4n) is 3.33. The van der Waals surface area contributed by atoms with E-state index in [0.29, 0.717) is 12.5 Å². The smallest absolute Gasteiger partial charge is 0.229 e. The SMILES string of the molecule is Cn1cc(Nc2ncc3cnn(Cc4cccc(N5CCOCC5)n4)c3n2)cn1.[HH]. The van der Waals surface area contributed by atoms with E-state index >= 15 is 0 Å². The number of ether oxygens (including phenoxy) is 1. The van der Waals surface area contributed by atoms with Crippen LogP contribution in [-0.4, -0.2) is 60.8 Å². The van der Waals surface area contributed by atoms with Crippen molar-refractivity contribution in [3.8, 4) is 0 Å². The third-order valence-electron chi connectivity index (χ3n) is 4.78. The molecule has 1 aliphatic rings. The molecular weight excluding hydrogens is 370 g/mol. The van der Waals surface area contributed by atoms with E-state index in [2.05, 4.69) is 30.4 Å². The average molecular weight is 393 g/mol. The number of nitrogens with zero attached hydrogens (tertiary/aromatic N) is 8. The first-order valence-corrected chi connectivity index (χ1v) is 9.47. The summed E-state index contributed by atoms with van der Waals surface area (Å²) in [7, 11) is 1.86. The molecule has 150 valence electrons. The van der Waals surface area contributed by atoms with Gasteiger partial charge in [-0.05, 0) is 12.1 Å². The van der Waals surface area contributed by atoms with Gasteiger partial charge in [0.2, 0.25) is 5.95 Å². The predicted octanol–water partition coefficient (Wildman–Crippen LogP) is 1.83. The summed E-state index contributed by atoms with van der Waals surface area (Å²) in [6.45, 7) is 3.72. The van der Waals surface area contributed by atoms with Crippen LogP contribution in [0, 0.1) is 0 Å². The Hall–Kier alpha value is -3.53. The van der Waals surface area contributed by atoms with Gasteiger partial charge >= 0.3 is 0 Å². The number of hydrogen-bond acceptors (Lipinski definition) is 8. The summed E-state index contributed by atoms with van der Waals surface area (Å²) in [6.07, 6.45) is 7.13. The maximum Gasteiger partial charge on any atom is 0.229 e. The zero-order valence-electron chi connectivity index (χ0n) is 16.1. The van der Waals surface area contributed by atoms with Crippen molar-refractivity contribution in [1.29, 1.82) is 0 Å². The van der Waals surface area contributed by atoms with E-state index in [9.17, 15) is 0 Å². The van der Waals surface area contributed by atoms with Crippen LogP contribution in [0.3, 0.4) is 0 Å². The Morgan fingerprint density at radius 3 is 2.83 bits per heavy atom. The normalized spacial score (nSPS) is 14.4. The maximum absolute atomic E-state index is 5.43. The standard InChI is InChI=1S/C19H21N9O.H2/c1-26-12-16(11-21-26)24-19-20-9-14-10-22-28(18(14)25-19)13-15-3-2-4-17(23-15)27-5-7-29-8-6-27;/h2-4,9-12H,5-8,13H2,1H3,(H,20,24,25);1H. The molecule has 10 heteroatoms. The second kappa shape index (κ2) is 7.47. The van der Waals surface area contributed by atoms with Gasteiger partial charge in [-0.3, -0.25) is 4.68 Å². The molecule has 0 aliphatic carbocycles. The van der Waals surface area contributed by atoms with Gasteiger partial charge in [0.05, 0.1) is 48.9 Å². The first-order valence-electron chi connectivity index (χ1n) is 9.47. The number of nitrogens with one attached hydrogen (secondary N) is 1. The Labute approximate surface area is 168 Å². The molecule has 4 aromatic rings. The summed E-state index contributed by atoms with van der Waals surface area (Å²) in [5, 5.41) is 12.7. The second-order valence-corrected chi connectivity index (χ2v) is 6.89. The van der Waals surface area contributed by atoms with Crippen LogP contribution in [0.1, 0.15) is 7.12 Å². The molecule has 5 heterocycles. The fraction of sp³-hybridized carbons (Fsp3) is 0.316. The minimum absolute atomic E-state index is 0. The zero-order chi connectivity index (χ0) is 19.6. The molecule has 0 saturated carbocycles. The Kier molecular flexibility index (Phi) is 4.53. The molecule has 5 rings (SSSR count). The van der Waals surface area contributed by atoms with Crippen molar-refractivity contribution in [3.63, 3.8) is 0 Å². The molecule has 1 aliphatic heterocycles. The third kappa shape index (κ3) is 3.74. The van der Waals surface area contributed by atoms with Gasteiger partial charge in [-0.25, -0.2) is 14.6 Å². The van der Waals surface area contributed by atoms with Gasteiger partial charge in [-0.2, -0.15) is 15.2 Å². The quantitative estimate of drug-likeness (QED) is 0.548. The fourth-order valence-corrected chi connectivity index (χ4v) is 3.33. The first-order chi connectivity index (χ1) is 14.2. The van der Waals surface area contributed by atoms with Crippen LogP contribution >= 0.6 is 0 Å². The highest BCUT2D eigenvalue weighted by Gasteiger charge is 2.14. The first kappa shape index (κ1) is 17.6. The lowest BCUT2D eigenvalue weighted by atomic mass is 10.3. The van der Waals surface area contributed by atoms with Crippen molar-refractivity contribution in [1.82, 2.24) is 34.5 Å². The van der Waals surface area contributed by atoms with Gasteiger partial charge in [0.1, 0.15) is 5.82 Å². The summed E-state index contributed by atoms with van der Waals surface area (Å²) in [4.78, 5) is 16.0. The molecule has 0 aromatic carbocycles. The predicted molar refractivity (Wildman–Crippen MR) is 110 cm³/mol. The molecule has 4 aromatic heterocycles. The number of morpholine rings is 1. The number of hydrogen-bond donors (Lipinski definition) is 1. The van der Waals surface area contributed by atoms with Crippen molar-refractivity contribution in [2.45, 2.75) is 6.54 Å². The molecule has 29 heavy (non-hydrogen) atoms. The number of fused-ring (bicyclic) bond motifs is 1. The Balaban J connectivity index is 0.00000218. The lowest BCUT2D eigenvalue weighted by molar-refractivity contribution is 0.122. The van der Waals surface area contributed by atoms with Crippen molar-refractivity contribution in [2.75, 3.05) is 36.5 Å². The van der Waals surface area contributed by atoms with Crippen molar-refractivity contribution in [2.24, 2.45) is 7.05 Å². The number of rotatable bonds is 5. The van der Waals surface area contributed by atoms with Crippen LogP contribution in [0.5, 0.6) is 0 Å². The molecule has 0 radical (unpaired) electrons. The number of anilines is 3. The zero-order valence-corrected chi connectivity index (χ0v) is 16.1. The molecule has 1 saturated heterocycles. The summed E-state index contributed by atoms with van der Waals surface area (Å²) >= 11 is 0. The van der Waals surface area contributed by atoms with Crippen LogP contribution in [0.25, 0.3) is 11.0 Å². The van der Waals surface area contributed by atoms with Gasteiger partial charge < -0.3 is 15.0 Å². The molecule has 0 atom stereocenters. The van der Waals surface area contributed by atoms with E-state index < -0.39 is 0 Å². The minimum Gasteiger partial charge on any atom is -0.378 e. The summed E-state index contributed by atoms with van der Waals surface area (Å²) in [5.41, 5.74) is 2.52. The van der Waals surface area contributed by atoms with Crippen molar-refractivity contribution >= 4 is 28.5 Å². The molecule has 0 amide bonds. The van der Waals surface area contributed by atoms with E-state index in [-0.39, 0.29) is 1.43 Å². The van der Waals surface area contributed by atoms with Crippen LogP contribution < -0.4 is 10.2 Å². The topological polar surface area (TPSA) is 98.8 Å². The summed E-state index contributed by atoms with van der Waals surface area (Å²) in [5.74, 6) is 1.47. The molecule has 0 bridgehead atoms. The molecule has 1 N–H and O–H groups in total. The number of aromatic nitrogens is 7. The summed E-state index contributed by atoms with van der Waals surface area (Å²) in [6, 6.07) is 6.07. The molecule has 1 fully saturated rings. The highest BCUT2D eigenvalue weighted by atomic mass is 16.5. The van der Waals surface area contributed by atoms with Gasteiger partial charge in [-0.15, -0.1) is 0 Å². The van der Waals surface area contributed by atoms with E-state index in [4.69, 9.17) is 9.72 Å². The van der Waals surface area contributed by atoms with E-state index in [1.165, 1.54) is 0 Å². The van der Waals surface area contributed by atoms with Gasteiger partial charge in [0, 0.05) is 34.0 Å². The van der Waals surface area contributed by atoms with Crippen LogP contribution in [0.15, 0.2) is 43.0 Å². The van der Waals surface area contributed by atoms with E-state index in [1.807, 2.05) is 36.1 Å². The van der Waals surface area contributed by atoms with Crippen LogP contribution in [-0.2, 0) is 18.3 Å². The Bertz CT molecular complexity index is 1140. The molecule has 0 unspecified atom stereocenters. The maximum atomic E-state index is 5.43. The minimum atomic E-state index is 0. The molecule has 0 spiro atoms. The lowest BCUT2D eigenvalue weighted by Gasteiger charge is -2.28. The second-order valence-electron chi connectivity index (χ2n) is 6.89. The van der Waals surface area contributed by atoms with Crippen LogP contribution in [0.4, 0.5) is 17.5 Å². The third-order valence-corrected chi connectivity index (χ3v) is 4.78. The average Bonchev–Trinajstić information content (AvgIpc) is 3.35.